The van der Waals surface area contributed by atoms with Crippen LogP contribution in [0.15, 0.2) is 122 Å². The fourth-order valence-corrected chi connectivity index (χ4v) is 11.3. The van der Waals surface area contributed by atoms with Crippen molar-refractivity contribution in [2.45, 2.75) is 96.7 Å². The van der Waals surface area contributed by atoms with E-state index >= 15 is 14.4 Å². The largest absolute Gasteiger partial charge is 0.496 e. The van der Waals surface area contributed by atoms with Crippen molar-refractivity contribution >= 4 is 50.6 Å². The Kier molecular flexibility index (Phi) is 14.4. The molecule has 10 rings (SSSR count). The summed E-state index contributed by atoms with van der Waals surface area (Å²) in [5, 5.41) is 11.1. The summed E-state index contributed by atoms with van der Waals surface area (Å²) >= 11 is 0. The zero-order valence-electron chi connectivity index (χ0n) is 48.5. The normalized spacial score (nSPS) is 15.4. The summed E-state index contributed by atoms with van der Waals surface area (Å²) in [5.74, 6) is -3.79. The number of hydrogen-bond acceptors (Lipinski definition) is 12. The quantitative estimate of drug-likeness (QED) is 0.105. The van der Waals surface area contributed by atoms with Gasteiger partial charge in [0, 0.05) is 51.5 Å². The first-order valence-corrected chi connectivity index (χ1v) is 26.8. The van der Waals surface area contributed by atoms with Gasteiger partial charge in [0.05, 0.1) is 75.5 Å². The molecule has 3 aromatic heterocycles. The number of fused-ring (bicyclic) bond motifs is 3. The third-order valence-corrected chi connectivity index (χ3v) is 14.3. The molecule has 1 aliphatic heterocycles. The third kappa shape index (κ3) is 9.82. The van der Waals surface area contributed by atoms with E-state index in [1.54, 1.807) is 39.5 Å². The maximum Gasteiger partial charge on any atom is 0.235 e. The fourth-order valence-electron chi connectivity index (χ4n) is 11.3. The Balaban J connectivity index is 1.59. The van der Waals surface area contributed by atoms with Crippen LogP contribution in [-0.4, -0.2) is 77.0 Å². The average Bonchev–Trinajstić information content (AvgIpc) is 2.34. The number of methoxy groups -OCH3 is 6. The molecule has 81 heavy (non-hydrogen) atoms. The van der Waals surface area contributed by atoms with Gasteiger partial charge in [-0.05, 0) is 79.0 Å². The van der Waals surface area contributed by atoms with Crippen LogP contribution < -0.4 is 44.4 Å². The predicted molar refractivity (Wildman–Crippen MR) is 313 cm³/mol. The molecule has 15 nitrogen and oxygen atoms in total. The molecule has 1 aliphatic rings. The smallest absolute Gasteiger partial charge is 0.235 e. The van der Waals surface area contributed by atoms with Crippen LogP contribution in [0.25, 0.3) is 66.3 Å². The summed E-state index contributed by atoms with van der Waals surface area (Å²) < 4.78 is 61.0. The second-order valence-electron chi connectivity index (χ2n) is 23.3. The van der Waals surface area contributed by atoms with Crippen LogP contribution in [0.4, 0.5) is 0 Å². The zero-order chi connectivity index (χ0) is 58.0. The molecule has 3 N–H and O–H groups in total. The van der Waals surface area contributed by atoms with Crippen molar-refractivity contribution in [3.63, 3.8) is 0 Å². The molecule has 6 bridgehead atoms. The molecule has 3 unspecified atom stereocenters. The van der Waals surface area contributed by atoms with E-state index < -0.39 is 52.1 Å². The van der Waals surface area contributed by atoms with Gasteiger partial charge in [-0.2, -0.15) is 0 Å². The molecule has 0 radical (unpaired) electrons. The highest BCUT2D eigenvalue weighted by Crippen LogP contribution is 2.59. The third-order valence-electron chi connectivity index (χ3n) is 14.3. The van der Waals surface area contributed by atoms with Crippen molar-refractivity contribution < 1.29 is 56.1 Å². The minimum atomic E-state index is -1.42. The van der Waals surface area contributed by atoms with E-state index in [2.05, 4.69) is 16.0 Å². The summed E-state index contributed by atoms with van der Waals surface area (Å²) in [7, 11) is 9.14. The van der Waals surface area contributed by atoms with Gasteiger partial charge in [0.2, 0.25) is 17.7 Å². The molecule has 9 aromatic rings. The van der Waals surface area contributed by atoms with Crippen LogP contribution in [0.3, 0.4) is 0 Å². The maximum absolute atomic E-state index is 16.2. The molecule has 420 valence electrons. The molecule has 0 fully saturated rings. The first-order valence-electron chi connectivity index (χ1n) is 26.8. The molecule has 4 heterocycles. The van der Waals surface area contributed by atoms with Gasteiger partial charge < -0.3 is 57.6 Å². The highest BCUT2D eigenvalue weighted by atomic mass is 16.5. The maximum atomic E-state index is 16.2. The number of nitrogens with one attached hydrogen (secondary N) is 3. The van der Waals surface area contributed by atoms with Gasteiger partial charge in [0.15, 0.2) is 0 Å². The molecule has 6 aromatic carbocycles. The number of carbonyl (C=O) groups excluding carboxylic acids is 3. The SMILES string of the molecule is COc1cc(OC)c2c(-c3ccccc3)c3oc2c1C(C(=O)NC(C)(C)C)c1oc2c(c(OC)cc(OC)c2c1-c1ccccc1)C(C(=O)NC(C)(C)C)c1oc2c(c(OC)cc(OC)c2c1-c1ccccc1)C3C(=O)NC(C)(C)C. The summed E-state index contributed by atoms with van der Waals surface area (Å²) in [6.07, 6.45) is 0. The predicted octanol–water partition coefficient (Wildman–Crippen LogP) is 13.4. The van der Waals surface area contributed by atoms with E-state index in [0.29, 0.717) is 66.8 Å². The highest BCUT2D eigenvalue weighted by molar-refractivity contribution is 6.13. The van der Waals surface area contributed by atoms with Crippen molar-refractivity contribution in [2.24, 2.45) is 0 Å². The lowest BCUT2D eigenvalue weighted by atomic mass is 9.83. The highest BCUT2D eigenvalue weighted by Gasteiger charge is 2.47. The minimum Gasteiger partial charge on any atom is -0.496 e. The van der Waals surface area contributed by atoms with Gasteiger partial charge in [-0.25, -0.2) is 0 Å². The second kappa shape index (κ2) is 21.0. The van der Waals surface area contributed by atoms with Crippen LogP contribution >= 0.6 is 0 Å². The van der Waals surface area contributed by atoms with E-state index in [1.165, 1.54) is 21.3 Å². The second-order valence-corrected chi connectivity index (χ2v) is 23.3. The minimum absolute atomic E-state index is 0.138. The summed E-state index contributed by atoms with van der Waals surface area (Å²) in [5.41, 5.74) is 2.09. The lowest BCUT2D eigenvalue weighted by molar-refractivity contribution is -0.124. The summed E-state index contributed by atoms with van der Waals surface area (Å²) in [6.45, 7) is 17.0. The molecule has 0 saturated carbocycles. The number of amides is 3. The molecule has 3 atom stereocenters. The van der Waals surface area contributed by atoms with E-state index in [4.69, 9.17) is 41.7 Å². The van der Waals surface area contributed by atoms with Crippen LogP contribution in [0.1, 0.15) is 114 Å². The zero-order valence-corrected chi connectivity index (χ0v) is 48.5. The van der Waals surface area contributed by atoms with E-state index in [9.17, 15) is 0 Å². The van der Waals surface area contributed by atoms with Crippen molar-refractivity contribution in [3.8, 4) is 67.9 Å². The molecule has 0 saturated heterocycles. The molecule has 15 heteroatoms. The number of hydrogen-bond donors (Lipinski definition) is 3. The number of furan rings is 3. The standard InChI is InChI=1S/C66H69N3O12/c1-64(2,3)67-61(70)52-49-40(76-13)31-37(73-10)47-44(35-27-21-17-22-28-35)56(80-58(47)49)54(63(72)69-66(7,8)9)51-42(78-15)33-39(75-12)48-45(36-29-23-18-24-30-36)57(81-60(48)51)53(62(71)68-65(4,5)6)50-41(77-14)32-38(74-11)46-43(55(52)79-59(46)50)34-25-19-16-20-26-34/h16-33,52-54H,1-15H3,(H,67,70)(H,68,71)(H,69,72). The van der Waals surface area contributed by atoms with E-state index in [-0.39, 0.29) is 68.0 Å². The Morgan fingerprint density at radius 3 is 0.778 bits per heavy atom. The van der Waals surface area contributed by atoms with Crippen LogP contribution in [0, 0.1) is 0 Å². The van der Waals surface area contributed by atoms with Crippen molar-refractivity contribution in [3.05, 3.63) is 143 Å². The molecule has 0 spiro atoms. The van der Waals surface area contributed by atoms with Crippen LogP contribution in [-0.2, 0) is 14.4 Å². The van der Waals surface area contributed by atoms with Crippen molar-refractivity contribution in [1.29, 1.82) is 0 Å². The topological polar surface area (TPSA) is 182 Å². The van der Waals surface area contributed by atoms with Gasteiger partial charge in [0.1, 0.15) is 86.3 Å². The van der Waals surface area contributed by atoms with E-state index in [1.807, 2.05) is 153 Å². The Labute approximate surface area is 471 Å². The fraction of sp³-hybridized carbons (Fsp3) is 0.318. The van der Waals surface area contributed by atoms with Gasteiger partial charge in [-0.1, -0.05) is 91.0 Å². The monoisotopic (exact) mass is 1100 g/mol. The Bertz CT molecular complexity index is 3490. The lowest BCUT2D eigenvalue weighted by Crippen LogP contribution is -2.43. The van der Waals surface area contributed by atoms with Gasteiger partial charge in [-0.3, -0.25) is 14.4 Å². The first kappa shape index (κ1) is 55.5. The first-order chi connectivity index (χ1) is 38.6. The number of ether oxygens (including phenoxy) is 6. The Hall–Kier alpha value is -8.85. The Morgan fingerprint density at radius 2 is 0.580 bits per heavy atom. The molecular formula is C66H69N3O12. The van der Waals surface area contributed by atoms with Crippen LogP contribution in [0.2, 0.25) is 0 Å². The van der Waals surface area contributed by atoms with Gasteiger partial charge >= 0.3 is 0 Å². The molecular weight excluding hydrogens is 1030 g/mol. The van der Waals surface area contributed by atoms with Crippen LogP contribution in [0.5, 0.6) is 34.5 Å². The average molecular weight is 1100 g/mol. The van der Waals surface area contributed by atoms with Crippen molar-refractivity contribution in [1.82, 2.24) is 16.0 Å². The lowest BCUT2D eigenvalue weighted by Gasteiger charge is -2.26. The number of carbonyl (C=O) groups is 3. The van der Waals surface area contributed by atoms with Gasteiger partial charge in [-0.15, -0.1) is 0 Å². The van der Waals surface area contributed by atoms with E-state index in [0.717, 1.165) is 0 Å². The summed E-state index contributed by atoms with van der Waals surface area (Å²) in [4.78, 5) is 48.5. The van der Waals surface area contributed by atoms with Gasteiger partial charge in [0.25, 0.3) is 0 Å². The van der Waals surface area contributed by atoms with Crippen molar-refractivity contribution in [2.75, 3.05) is 42.7 Å². The summed E-state index contributed by atoms with van der Waals surface area (Å²) in [6, 6.07) is 33.7. The number of benzene rings is 6. The Morgan fingerprint density at radius 1 is 0.358 bits per heavy atom. The number of rotatable bonds is 12. The molecule has 3 amide bonds. The molecule has 0 aliphatic carbocycles.